The molecule has 0 spiro atoms. The van der Waals surface area contributed by atoms with Crippen molar-refractivity contribution in [1.29, 1.82) is 0 Å². The SMILES string of the molecule is C.COc1c(C(=O)N2CCC(N3CCCC3)CC2)sc2c1c(=O)n(Cc1ccccn1)c1ccccc21. The maximum Gasteiger partial charge on any atom is 0.267 e. The molecule has 37 heavy (non-hydrogen) atoms. The molecule has 194 valence electrons. The molecular formula is C29H34N4O3S. The van der Waals surface area contributed by atoms with Crippen LogP contribution in [-0.2, 0) is 6.54 Å². The first-order chi connectivity index (χ1) is 17.7. The van der Waals surface area contributed by atoms with Crippen molar-refractivity contribution in [2.75, 3.05) is 33.3 Å². The lowest BCUT2D eigenvalue weighted by molar-refractivity contribution is 0.0646. The fraction of sp³-hybridized carbons (Fsp3) is 0.414. The summed E-state index contributed by atoms with van der Waals surface area (Å²) in [6, 6.07) is 14.1. The topological polar surface area (TPSA) is 67.7 Å². The third kappa shape index (κ3) is 4.53. The lowest BCUT2D eigenvalue weighted by Crippen LogP contribution is -2.45. The summed E-state index contributed by atoms with van der Waals surface area (Å²) >= 11 is 1.38. The molecule has 1 amide bonds. The number of thiophene rings is 1. The molecule has 0 N–H and O–H groups in total. The zero-order valence-corrected chi connectivity index (χ0v) is 21.3. The predicted molar refractivity (Wildman–Crippen MR) is 150 cm³/mol. The van der Waals surface area contributed by atoms with E-state index in [0.717, 1.165) is 47.2 Å². The number of hydrogen-bond acceptors (Lipinski definition) is 6. The van der Waals surface area contributed by atoms with Crippen LogP contribution in [0.3, 0.4) is 0 Å². The summed E-state index contributed by atoms with van der Waals surface area (Å²) in [7, 11) is 1.55. The molecule has 2 saturated heterocycles. The van der Waals surface area contributed by atoms with Crippen LogP contribution in [0.4, 0.5) is 0 Å². The Bertz CT molecular complexity index is 1470. The largest absolute Gasteiger partial charge is 0.494 e. The minimum absolute atomic E-state index is 0. The molecule has 0 bridgehead atoms. The van der Waals surface area contributed by atoms with Crippen molar-refractivity contribution in [2.24, 2.45) is 0 Å². The predicted octanol–water partition coefficient (Wildman–Crippen LogP) is 5.00. The fourth-order valence-electron chi connectivity index (χ4n) is 5.78. The van der Waals surface area contributed by atoms with Crippen molar-refractivity contribution in [3.8, 4) is 5.75 Å². The highest BCUT2D eigenvalue weighted by Gasteiger charge is 2.32. The maximum atomic E-state index is 13.9. The molecule has 0 atom stereocenters. The number of hydrogen-bond donors (Lipinski definition) is 0. The van der Waals surface area contributed by atoms with Gasteiger partial charge in [0.05, 0.1) is 29.6 Å². The molecule has 4 aromatic rings. The summed E-state index contributed by atoms with van der Waals surface area (Å²) in [6.45, 7) is 4.19. The number of aromatic nitrogens is 2. The van der Waals surface area contributed by atoms with Gasteiger partial charge in [0.2, 0.25) is 0 Å². The smallest absolute Gasteiger partial charge is 0.267 e. The average molecular weight is 519 g/mol. The van der Waals surface area contributed by atoms with Crippen molar-refractivity contribution in [3.63, 3.8) is 0 Å². The van der Waals surface area contributed by atoms with Crippen LogP contribution in [0.5, 0.6) is 5.75 Å². The Morgan fingerprint density at radius 2 is 1.78 bits per heavy atom. The third-order valence-corrected chi connectivity index (χ3v) is 8.81. The van der Waals surface area contributed by atoms with Gasteiger partial charge in [0, 0.05) is 30.7 Å². The number of carbonyl (C=O) groups excluding carboxylic acids is 1. The fourth-order valence-corrected chi connectivity index (χ4v) is 7.04. The molecule has 5 heterocycles. The number of carbonyl (C=O) groups is 1. The van der Waals surface area contributed by atoms with E-state index in [1.54, 1.807) is 17.9 Å². The Labute approximate surface area is 221 Å². The molecule has 8 heteroatoms. The maximum absolute atomic E-state index is 13.9. The van der Waals surface area contributed by atoms with Crippen LogP contribution < -0.4 is 10.3 Å². The molecule has 2 aliphatic heterocycles. The van der Waals surface area contributed by atoms with E-state index < -0.39 is 0 Å². The lowest BCUT2D eigenvalue weighted by Gasteiger charge is -2.36. The third-order valence-electron chi connectivity index (χ3n) is 7.62. The molecule has 0 saturated carbocycles. The Hall–Kier alpha value is -3.23. The molecule has 6 rings (SSSR count). The number of piperidine rings is 1. The summed E-state index contributed by atoms with van der Waals surface area (Å²) in [4.78, 5) is 37.0. The van der Waals surface area contributed by atoms with Crippen LogP contribution in [-0.4, -0.2) is 64.6 Å². The van der Waals surface area contributed by atoms with Crippen molar-refractivity contribution in [3.05, 3.63) is 69.6 Å². The van der Waals surface area contributed by atoms with Crippen LogP contribution in [0, 0.1) is 0 Å². The van der Waals surface area contributed by atoms with E-state index in [-0.39, 0.29) is 18.9 Å². The number of amides is 1. The minimum Gasteiger partial charge on any atom is -0.494 e. The van der Waals surface area contributed by atoms with Gasteiger partial charge >= 0.3 is 0 Å². The highest BCUT2D eigenvalue weighted by molar-refractivity contribution is 7.22. The number of fused-ring (bicyclic) bond motifs is 3. The molecule has 2 fully saturated rings. The molecule has 2 aliphatic rings. The number of benzene rings is 1. The number of nitrogens with zero attached hydrogens (tertiary/aromatic N) is 4. The second kappa shape index (κ2) is 10.6. The first-order valence-electron chi connectivity index (χ1n) is 12.7. The van der Waals surface area contributed by atoms with Gasteiger partial charge in [0.25, 0.3) is 11.5 Å². The number of ether oxygens (including phenoxy) is 1. The normalized spacial score (nSPS) is 16.8. The van der Waals surface area contributed by atoms with E-state index >= 15 is 0 Å². The van der Waals surface area contributed by atoms with Gasteiger partial charge in [-0.25, -0.2) is 0 Å². The Morgan fingerprint density at radius 3 is 2.49 bits per heavy atom. The van der Waals surface area contributed by atoms with Gasteiger partial charge in [-0.1, -0.05) is 31.7 Å². The van der Waals surface area contributed by atoms with Crippen molar-refractivity contribution in [2.45, 2.75) is 45.7 Å². The van der Waals surface area contributed by atoms with Crippen molar-refractivity contribution in [1.82, 2.24) is 19.4 Å². The second-order valence-corrected chi connectivity index (χ2v) is 10.7. The zero-order chi connectivity index (χ0) is 24.6. The van der Waals surface area contributed by atoms with Crippen LogP contribution in [0.15, 0.2) is 53.5 Å². The van der Waals surface area contributed by atoms with Crippen LogP contribution in [0.25, 0.3) is 21.0 Å². The summed E-state index contributed by atoms with van der Waals surface area (Å²) in [5, 5.41) is 1.42. The Morgan fingerprint density at radius 1 is 1.05 bits per heavy atom. The van der Waals surface area contributed by atoms with Gasteiger partial charge in [-0.2, -0.15) is 0 Å². The van der Waals surface area contributed by atoms with Gasteiger partial charge in [0.15, 0.2) is 5.75 Å². The molecule has 0 radical (unpaired) electrons. The Balaban J connectivity index is 0.00000280. The second-order valence-electron chi connectivity index (χ2n) is 9.66. The summed E-state index contributed by atoms with van der Waals surface area (Å²) in [5.41, 5.74) is 1.47. The number of pyridine rings is 2. The van der Waals surface area contributed by atoms with Crippen molar-refractivity contribution >= 4 is 38.2 Å². The number of para-hydroxylation sites is 1. The van der Waals surface area contributed by atoms with E-state index in [9.17, 15) is 9.59 Å². The zero-order valence-electron chi connectivity index (χ0n) is 20.5. The van der Waals surface area contributed by atoms with E-state index in [0.29, 0.717) is 28.6 Å². The quantitative estimate of drug-likeness (QED) is 0.372. The summed E-state index contributed by atoms with van der Waals surface area (Å²) in [5.74, 6) is 0.361. The molecular weight excluding hydrogens is 484 g/mol. The van der Waals surface area contributed by atoms with Gasteiger partial charge < -0.3 is 19.1 Å². The van der Waals surface area contributed by atoms with Crippen LogP contribution in [0.2, 0.25) is 0 Å². The Kier molecular flexibility index (Phi) is 7.31. The summed E-state index contributed by atoms with van der Waals surface area (Å²) in [6.07, 6.45) is 6.29. The average Bonchev–Trinajstić information content (AvgIpc) is 3.60. The van der Waals surface area contributed by atoms with E-state index in [4.69, 9.17) is 4.74 Å². The van der Waals surface area contributed by atoms with Gasteiger partial charge in [-0.3, -0.25) is 14.6 Å². The number of methoxy groups -OCH3 is 1. The number of rotatable bonds is 5. The molecule has 0 aliphatic carbocycles. The minimum atomic E-state index is -0.158. The van der Waals surface area contributed by atoms with Crippen LogP contribution >= 0.6 is 11.3 Å². The highest BCUT2D eigenvalue weighted by Crippen LogP contribution is 2.40. The van der Waals surface area contributed by atoms with E-state index in [1.165, 1.54) is 37.3 Å². The highest BCUT2D eigenvalue weighted by atomic mass is 32.1. The number of likely N-dealkylation sites (tertiary alicyclic amines) is 2. The van der Waals surface area contributed by atoms with Gasteiger partial charge in [0.1, 0.15) is 10.3 Å². The standard InChI is InChI=1S/C28H30N4O3S.CH4/c1-35-24-23-25(36-26(24)28(34)31-16-11-20(12-17-31)30-14-6-7-15-30)21-9-2-3-10-22(21)32(27(23)33)18-19-8-4-5-13-29-19;/h2-5,8-10,13,20H,6-7,11-12,14-18H2,1H3;1H4. The molecule has 7 nitrogen and oxygen atoms in total. The molecule has 3 aromatic heterocycles. The first kappa shape index (κ1) is 25.4. The van der Waals surface area contributed by atoms with Gasteiger partial charge in [-0.05, 0) is 57.0 Å². The van der Waals surface area contributed by atoms with Crippen molar-refractivity contribution < 1.29 is 9.53 Å². The van der Waals surface area contributed by atoms with E-state index in [2.05, 4.69) is 9.88 Å². The molecule has 1 aromatic carbocycles. The first-order valence-corrected chi connectivity index (χ1v) is 13.5. The van der Waals surface area contributed by atoms with E-state index in [1.807, 2.05) is 47.4 Å². The molecule has 0 unspecified atom stereocenters. The van der Waals surface area contributed by atoms with Gasteiger partial charge in [-0.15, -0.1) is 11.3 Å². The summed E-state index contributed by atoms with van der Waals surface area (Å²) < 4.78 is 8.32. The van der Waals surface area contributed by atoms with Crippen LogP contribution in [0.1, 0.15) is 48.5 Å². The lowest BCUT2D eigenvalue weighted by atomic mass is 10.0. The monoisotopic (exact) mass is 518 g/mol.